The van der Waals surface area contributed by atoms with Gasteiger partial charge in [-0.1, -0.05) is 58.0 Å². The Bertz CT molecular complexity index is 563. The van der Waals surface area contributed by atoms with Crippen molar-refractivity contribution in [2.24, 2.45) is 0 Å². The van der Waals surface area contributed by atoms with Crippen molar-refractivity contribution in [2.45, 2.75) is 46.2 Å². The monoisotopic (exact) mass is 383 g/mol. The fraction of sp³-hybridized carbons (Fsp3) is 0.400. The largest absolute Gasteiger partial charge is 2.00 e. The molecule has 23 heavy (non-hydrogen) atoms. The topological polar surface area (TPSA) is 3.24 Å². The Balaban J connectivity index is 0.00000242. The Morgan fingerprint density at radius 3 is 2.13 bits per heavy atom. The average molecular weight is 385 g/mol. The molecule has 0 heterocycles. The van der Waals surface area contributed by atoms with E-state index in [9.17, 15) is 0 Å². The fourth-order valence-corrected chi connectivity index (χ4v) is 2.41. The summed E-state index contributed by atoms with van der Waals surface area (Å²) in [5.74, 6) is 0. The minimum Gasteiger partial charge on any atom is -1.00 e. The Hall–Kier alpha value is -0.354. The number of nitrogens with zero attached hydrogens (tertiary/aromatic N) is 1. The summed E-state index contributed by atoms with van der Waals surface area (Å²) in [6, 6.07) is 20.8. The molecule has 0 aromatic heterocycles. The third-order valence-corrected chi connectivity index (χ3v) is 3.75. The summed E-state index contributed by atoms with van der Waals surface area (Å²) in [5, 5.41) is 0. The summed E-state index contributed by atoms with van der Waals surface area (Å²) in [7, 11) is 0. The van der Waals surface area contributed by atoms with Gasteiger partial charge in [-0.05, 0) is 17.5 Å². The van der Waals surface area contributed by atoms with Crippen LogP contribution in [-0.2, 0) is 18.5 Å². The van der Waals surface area contributed by atoms with E-state index < -0.39 is 0 Å². The van der Waals surface area contributed by atoms with Crippen molar-refractivity contribution in [3.8, 4) is 0 Å². The third-order valence-electron chi connectivity index (χ3n) is 3.75. The molecule has 0 spiro atoms. The van der Waals surface area contributed by atoms with Crippen molar-refractivity contribution >= 4 is 23.1 Å². The molecule has 2 aromatic carbocycles. The van der Waals surface area contributed by atoms with Crippen LogP contribution in [0, 0.1) is 6.07 Å². The van der Waals surface area contributed by atoms with Gasteiger partial charge in [0.15, 0.2) is 0 Å². The molecular formula is C20H26BrMgN. The quantitative estimate of drug-likeness (QED) is 0.557. The summed E-state index contributed by atoms with van der Waals surface area (Å²) >= 11 is 0. The maximum Gasteiger partial charge on any atom is 2.00 e. The van der Waals surface area contributed by atoms with Crippen LogP contribution in [0.1, 0.15) is 44.4 Å². The van der Waals surface area contributed by atoms with Gasteiger partial charge >= 0.3 is 23.1 Å². The second kappa shape index (κ2) is 10.5. The van der Waals surface area contributed by atoms with Crippen LogP contribution in [-0.4, -0.2) is 34.5 Å². The van der Waals surface area contributed by atoms with Gasteiger partial charge in [0.2, 0.25) is 0 Å². The molecule has 0 fully saturated rings. The average Bonchev–Trinajstić information content (AvgIpc) is 2.47. The molecule has 2 rings (SSSR count). The predicted octanol–water partition coefficient (Wildman–Crippen LogP) is 1.43. The molecule has 0 N–H and O–H groups in total. The van der Waals surface area contributed by atoms with Crippen LogP contribution in [0.4, 0.5) is 0 Å². The van der Waals surface area contributed by atoms with E-state index in [1.54, 1.807) is 0 Å². The molecule has 0 aliphatic rings. The molecule has 0 atom stereocenters. The number of rotatable bonds is 5. The summed E-state index contributed by atoms with van der Waals surface area (Å²) in [6.45, 7) is 11.9. The van der Waals surface area contributed by atoms with Gasteiger partial charge in [-0.25, -0.2) is 0 Å². The number of halogens is 1. The molecular weight excluding hydrogens is 358 g/mol. The Morgan fingerprint density at radius 1 is 0.913 bits per heavy atom. The third kappa shape index (κ3) is 7.38. The Kier molecular flexibility index (Phi) is 10.3. The van der Waals surface area contributed by atoms with Gasteiger partial charge in [0.05, 0.1) is 0 Å². The molecule has 0 saturated carbocycles. The SMILES string of the molecule is CCN(Cc1[c-]c(C(C)(C)C)ccc1)Cc1ccccc1.[Br-].[Mg+2]. The van der Waals surface area contributed by atoms with E-state index in [-0.39, 0.29) is 45.4 Å². The molecule has 2 aromatic rings. The first-order valence-electron chi connectivity index (χ1n) is 7.77. The van der Waals surface area contributed by atoms with Gasteiger partial charge in [0.25, 0.3) is 0 Å². The number of benzene rings is 2. The summed E-state index contributed by atoms with van der Waals surface area (Å²) in [4.78, 5) is 2.45. The molecule has 0 radical (unpaired) electrons. The normalized spacial score (nSPS) is 10.8. The zero-order valence-corrected chi connectivity index (χ0v) is 17.8. The van der Waals surface area contributed by atoms with Crippen LogP contribution in [0.25, 0.3) is 0 Å². The van der Waals surface area contributed by atoms with E-state index in [4.69, 9.17) is 0 Å². The molecule has 0 unspecified atom stereocenters. The van der Waals surface area contributed by atoms with Gasteiger partial charge in [-0.3, -0.25) is 4.90 Å². The maximum absolute atomic E-state index is 3.59. The van der Waals surface area contributed by atoms with E-state index in [1.807, 2.05) is 0 Å². The van der Waals surface area contributed by atoms with Crippen LogP contribution >= 0.6 is 0 Å². The minimum absolute atomic E-state index is 0. The van der Waals surface area contributed by atoms with Gasteiger partial charge < -0.3 is 17.0 Å². The Morgan fingerprint density at radius 2 is 1.57 bits per heavy atom. The van der Waals surface area contributed by atoms with Crippen LogP contribution < -0.4 is 17.0 Å². The van der Waals surface area contributed by atoms with E-state index in [1.165, 1.54) is 16.7 Å². The van der Waals surface area contributed by atoms with Crippen LogP contribution in [0.3, 0.4) is 0 Å². The number of hydrogen-bond donors (Lipinski definition) is 0. The minimum atomic E-state index is 0. The first-order valence-corrected chi connectivity index (χ1v) is 7.77. The first kappa shape index (κ1) is 22.6. The van der Waals surface area contributed by atoms with Crippen molar-refractivity contribution in [3.63, 3.8) is 0 Å². The first-order chi connectivity index (χ1) is 9.99. The summed E-state index contributed by atoms with van der Waals surface area (Å²) in [5.41, 5.74) is 4.09. The van der Waals surface area contributed by atoms with Crippen molar-refractivity contribution in [3.05, 3.63) is 71.3 Å². The fourth-order valence-electron chi connectivity index (χ4n) is 2.41. The standard InChI is InChI=1S/C20H26N.BrH.Mg/c1-5-21(15-17-10-7-6-8-11-17)16-18-12-9-13-19(14-18)20(2,3)4;;/h6-13H,5,15-16H2,1-4H3;1H;/q-1;;+2/p-1. The molecule has 0 saturated heterocycles. The van der Waals surface area contributed by atoms with Crippen LogP contribution in [0.2, 0.25) is 0 Å². The van der Waals surface area contributed by atoms with Crippen molar-refractivity contribution in [1.82, 2.24) is 4.90 Å². The van der Waals surface area contributed by atoms with Crippen LogP contribution in [0.5, 0.6) is 0 Å². The number of hydrogen-bond acceptors (Lipinski definition) is 1. The van der Waals surface area contributed by atoms with Gasteiger partial charge in [-0.15, -0.1) is 5.56 Å². The Labute approximate surface area is 168 Å². The predicted molar refractivity (Wildman–Crippen MR) is 96.0 cm³/mol. The molecule has 1 nitrogen and oxygen atoms in total. The van der Waals surface area contributed by atoms with E-state index in [0.29, 0.717) is 0 Å². The zero-order valence-electron chi connectivity index (χ0n) is 14.8. The van der Waals surface area contributed by atoms with Crippen molar-refractivity contribution in [2.75, 3.05) is 6.54 Å². The molecule has 120 valence electrons. The van der Waals surface area contributed by atoms with E-state index >= 15 is 0 Å². The molecule has 3 heteroatoms. The van der Waals surface area contributed by atoms with Crippen molar-refractivity contribution in [1.29, 1.82) is 0 Å². The summed E-state index contributed by atoms with van der Waals surface area (Å²) < 4.78 is 0. The van der Waals surface area contributed by atoms with Gasteiger partial charge in [0.1, 0.15) is 0 Å². The molecule has 0 bridgehead atoms. The second-order valence-corrected chi connectivity index (χ2v) is 6.63. The van der Waals surface area contributed by atoms with Gasteiger partial charge in [-0.2, -0.15) is 29.8 Å². The smallest absolute Gasteiger partial charge is 1.00 e. The second-order valence-electron chi connectivity index (χ2n) is 6.63. The maximum atomic E-state index is 3.59. The van der Waals surface area contributed by atoms with Crippen molar-refractivity contribution < 1.29 is 17.0 Å². The van der Waals surface area contributed by atoms with E-state index in [0.717, 1.165) is 19.6 Å². The summed E-state index contributed by atoms with van der Waals surface area (Å²) in [6.07, 6.45) is 0. The molecule has 0 amide bonds. The zero-order chi connectivity index (χ0) is 15.3. The molecule has 0 aliphatic carbocycles. The molecule has 0 aliphatic heterocycles. The van der Waals surface area contributed by atoms with Gasteiger partial charge in [0, 0.05) is 13.1 Å². The van der Waals surface area contributed by atoms with Crippen LogP contribution in [0.15, 0.2) is 48.5 Å². The van der Waals surface area contributed by atoms with E-state index in [2.05, 4.69) is 87.2 Å².